The van der Waals surface area contributed by atoms with Gasteiger partial charge in [0, 0.05) is 52.4 Å². The minimum atomic E-state index is 0. The van der Waals surface area contributed by atoms with Gasteiger partial charge in [0.2, 0.25) is 0 Å². The van der Waals surface area contributed by atoms with Gasteiger partial charge in [0.15, 0.2) is 0 Å². The van der Waals surface area contributed by atoms with Crippen LogP contribution in [0, 0.1) is 47.3 Å². The number of unbranched alkanes of at least 4 members (excludes halogenated alkanes) is 56. The zero-order valence-electron chi connectivity index (χ0n) is 84.7. The number of hydrogen-bond donors (Lipinski definition) is 0. The van der Waals surface area contributed by atoms with Crippen molar-refractivity contribution < 1.29 is 21.1 Å². The zero-order valence-corrected chi connectivity index (χ0v) is 93.2. The molecule has 0 unspecified atom stereocenters. The molecule has 0 aliphatic rings. The first-order valence-electron chi connectivity index (χ1n) is 53.6. The maximum absolute atomic E-state index is 5.31. The molecular weight excluding hydrogens is 1710 g/mol. The predicted octanol–water partition coefficient (Wildman–Crippen LogP) is 37.8. The maximum Gasteiger partial charge on any atom is 4.00 e. The number of nitrogens with zero attached hydrogens (tertiary/aromatic N) is 4. The molecule has 722 valence electrons. The number of hydrogen-bond acceptors (Lipinski definition) is 8. The summed E-state index contributed by atoms with van der Waals surface area (Å²) in [5.41, 5.74) is 0. The van der Waals surface area contributed by atoms with E-state index < -0.39 is 0 Å². The normalized spacial score (nSPS) is 11.4. The van der Waals surface area contributed by atoms with E-state index in [0.29, 0.717) is 17.3 Å². The topological polar surface area (TPSA) is 13.0 Å². The summed E-state index contributed by atoms with van der Waals surface area (Å²) in [6.07, 6.45) is 99.5. The van der Waals surface area contributed by atoms with Gasteiger partial charge in [0.1, 0.15) is 0 Å². The summed E-state index contributed by atoms with van der Waals surface area (Å²) < 4.78 is 2.74. The molecule has 0 aromatic carbocycles. The fourth-order valence-electron chi connectivity index (χ4n) is 16.5. The minimum absolute atomic E-state index is 0. The average Bonchev–Trinajstić information content (AvgIpc) is 0.981. The van der Waals surface area contributed by atoms with Crippen LogP contribution in [-0.2, 0) is 71.6 Å². The second-order valence-corrected chi connectivity index (χ2v) is 45.2. The summed E-state index contributed by atoms with van der Waals surface area (Å²) in [6.45, 7) is 45.9. The molecule has 4 nitrogen and oxygen atoms in total. The predicted molar refractivity (Wildman–Crippen MR) is 577 cm³/mol. The van der Waals surface area contributed by atoms with Crippen LogP contribution >= 0.6 is 48.9 Å². The molecule has 13 heteroatoms. The van der Waals surface area contributed by atoms with Gasteiger partial charge < -0.3 is 119 Å². The maximum atomic E-state index is 5.31. The van der Waals surface area contributed by atoms with Crippen LogP contribution in [0.2, 0.25) is 0 Å². The Bertz CT molecular complexity index is 1650. The largest absolute Gasteiger partial charge is 4.00 e. The van der Waals surface area contributed by atoms with Crippen molar-refractivity contribution in [1.82, 2.24) is 19.6 Å². The molecule has 0 aliphatic carbocycles. The van der Waals surface area contributed by atoms with Crippen LogP contribution in [0.4, 0.5) is 0 Å². The van der Waals surface area contributed by atoms with Gasteiger partial charge in [-0.1, -0.05) is 539 Å². The van der Waals surface area contributed by atoms with Gasteiger partial charge >= 0.3 is 21.1 Å². The molecule has 0 aromatic rings. The van der Waals surface area contributed by atoms with E-state index in [1.807, 2.05) is 0 Å². The number of rotatable bonds is 88. The summed E-state index contributed by atoms with van der Waals surface area (Å²) in [4.78, 5) is 9.12. The van der Waals surface area contributed by atoms with Crippen LogP contribution in [0.5, 0.6) is 0 Å². The molecule has 0 atom stereocenters. The number of thiocarbonyl (C=S) groups is 4. The van der Waals surface area contributed by atoms with Crippen LogP contribution < -0.4 is 0 Å². The fraction of sp³-hybridized carbons (Fsp3) is 0.963. The molecule has 0 amide bonds. The molecule has 0 saturated heterocycles. The van der Waals surface area contributed by atoms with E-state index in [1.165, 1.54) is 462 Å². The second-order valence-electron chi connectivity index (χ2n) is 41.1. The fourth-order valence-corrected chi connectivity index (χ4v) is 18.0. The van der Waals surface area contributed by atoms with Crippen molar-refractivity contribution in [3.8, 4) is 0 Å². The molecule has 121 heavy (non-hydrogen) atoms. The Morgan fingerprint density at radius 3 is 0.273 bits per heavy atom. The Hall–Kier alpha value is 1.13. The van der Waals surface area contributed by atoms with Crippen LogP contribution in [0.3, 0.4) is 0 Å². The van der Waals surface area contributed by atoms with Crippen molar-refractivity contribution >= 4 is 117 Å². The van der Waals surface area contributed by atoms with Crippen LogP contribution in [0.1, 0.15) is 573 Å². The van der Waals surface area contributed by atoms with E-state index in [9.17, 15) is 0 Å². The first-order chi connectivity index (χ1) is 57.7. The Morgan fingerprint density at radius 1 is 0.140 bits per heavy atom. The average molecular weight is 1920 g/mol. The van der Waals surface area contributed by atoms with Crippen molar-refractivity contribution in [3.05, 3.63) is 0 Å². The standard InChI is InChI=1S/4C27H55NS2.Mo/c4*1-25(2)21-17-13-9-5-7-11-15-19-23-28(27(29)30)24-20-16-12-8-6-10-14-18-22-26(3)4;/h4*25-26H,5-24H2,1-4H3,(H,29,30);/q;;;;+4/p-4. The van der Waals surface area contributed by atoms with E-state index in [0.717, 1.165) is 99.7 Å². The molecule has 0 N–H and O–H groups in total. The smallest absolute Gasteiger partial charge is 0.411 e. The van der Waals surface area contributed by atoms with Gasteiger partial charge in [-0.25, -0.2) is 0 Å². The molecule has 0 saturated carbocycles. The van der Waals surface area contributed by atoms with Crippen molar-refractivity contribution in [3.63, 3.8) is 0 Å². The van der Waals surface area contributed by atoms with Crippen molar-refractivity contribution in [2.45, 2.75) is 573 Å². The molecular formula is C108H216MoN4S8. The molecule has 0 spiro atoms. The molecule has 0 bridgehead atoms. The third kappa shape index (κ3) is 117. The van der Waals surface area contributed by atoms with Gasteiger partial charge in [-0.2, -0.15) is 0 Å². The van der Waals surface area contributed by atoms with Gasteiger partial charge in [-0.3, -0.25) is 0 Å². The first-order valence-corrected chi connectivity index (χ1v) is 56.8. The van der Waals surface area contributed by atoms with E-state index in [4.69, 9.17) is 99.4 Å². The zero-order chi connectivity index (χ0) is 89.8. The van der Waals surface area contributed by atoms with E-state index in [2.05, 4.69) is 130 Å². The third-order valence-electron chi connectivity index (χ3n) is 24.7. The van der Waals surface area contributed by atoms with Crippen molar-refractivity contribution in [2.24, 2.45) is 47.3 Å². The van der Waals surface area contributed by atoms with Crippen LogP contribution in [0.25, 0.3) is 0 Å². The summed E-state index contributed by atoms with van der Waals surface area (Å²) >= 11 is 42.5. The summed E-state index contributed by atoms with van der Waals surface area (Å²) in [6, 6.07) is 0. The molecule has 0 rings (SSSR count). The van der Waals surface area contributed by atoms with E-state index in [-0.39, 0.29) is 21.1 Å². The molecule has 0 fully saturated rings. The molecule has 0 radical (unpaired) electrons. The quantitative estimate of drug-likeness (QED) is 0.0249. The second kappa shape index (κ2) is 105. The Balaban J connectivity index is -0.000000493. The van der Waals surface area contributed by atoms with Gasteiger partial charge in [0.05, 0.1) is 0 Å². The SMILES string of the molecule is CC(C)CCCCCCCCCCN(CCCCCCCCCCC(C)C)C(=S)[S-].CC(C)CCCCCCCCCCN(CCCCCCCCCCC(C)C)C(=S)[S-].CC(C)CCCCCCCCCCN(CCCCCCCCCCC(C)C)C(=S)[S-].CC(C)CCCCCCCCCCN(CCCCCCCCCCC(C)C)C(=S)[S-].[Mo+4]. The van der Waals surface area contributed by atoms with E-state index >= 15 is 0 Å². The van der Waals surface area contributed by atoms with Crippen LogP contribution in [-0.4, -0.2) is 89.2 Å². The first kappa shape index (κ1) is 131. The van der Waals surface area contributed by atoms with Crippen molar-refractivity contribution in [2.75, 3.05) is 52.4 Å². The summed E-state index contributed by atoms with van der Waals surface area (Å²) in [5.74, 6) is 6.95. The Morgan fingerprint density at radius 2 is 0.207 bits per heavy atom. The van der Waals surface area contributed by atoms with Crippen molar-refractivity contribution in [1.29, 1.82) is 0 Å². The summed E-state index contributed by atoms with van der Waals surface area (Å²) in [7, 11) is 0. The summed E-state index contributed by atoms with van der Waals surface area (Å²) in [5, 5.41) is 0. The Labute approximate surface area is 822 Å². The minimum Gasteiger partial charge on any atom is -0.411 e. The molecule has 0 aliphatic heterocycles. The third-order valence-corrected chi connectivity index (χ3v) is 26.8. The van der Waals surface area contributed by atoms with Gasteiger partial charge in [-0.15, -0.1) is 0 Å². The molecule has 0 aromatic heterocycles. The van der Waals surface area contributed by atoms with E-state index in [1.54, 1.807) is 0 Å². The van der Waals surface area contributed by atoms with Crippen LogP contribution in [0.15, 0.2) is 0 Å². The molecule has 0 heterocycles. The van der Waals surface area contributed by atoms with Gasteiger partial charge in [-0.05, 0) is 98.7 Å². The van der Waals surface area contributed by atoms with Gasteiger partial charge in [0.25, 0.3) is 0 Å². The monoisotopic (exact) mass is 1920 g/mol. The Kier molecular flexibility index (Phi) is 113.